The number of imidazole rings is 1. The highest BCUT2D eigenvalue weighted by atomic mass is 16.6. The van der Waals surface area contributed by atoms with Gasteiger partial charge < -0.3 is 19.4 Å². The highest BCUT2D eigenvalue weighted by Crippen LogP contribution is 2.53. The molecular weight excluding hydrogens is 462 g/mol. The maximum absolute atomic E-state index is 12.9. The molecule has 1 heterocycles. The van der Waals surface area contributed by atoms with Gasteiger partial charge in [0, 0.05) is 31.8 Å². The van der Waals surface area contributed by atoms with Crippen LogP contribution in [0.3, 0.4) is 0 Å². The SMILES string of the molecule is COc1cccc2[nH]c(CCN(C)CCC3(OC(=O)C(C)C)CC4CCC3C=C4c3ccccc3)nc12. The summed E-state index contributed by atoms with van der Waals surface area (Å²) < 4.78 is 11.8. The number of allylic oxidation sites excluding steroid dienone is 1. The van der Waals surface area contributed by atoms with E-state index in [-0.39, 0.29) is 17.8 Å². The van der Waals surface area contributed by atoms with Gasteiger partial charge in [0.2, 0.25) is 0 Å². The smallest absolute Gasteiger partial charge is 0.308 e. The number of hydrogen-bond acceptors (Lipinski definition) is 5. The van der Waals surface area contributed by atoms with Crippen molar-refractivity contribution in [3.8, 4) is 5.75 Å². The number of nitrogens with zero attached hydrogens (tertiary/aromatic N) is 2. The van der Waals surface area contributed by atoms with E-state index in [9.17, 15) is 4.79 Å². The molecule has 196 valence electrons. The van der Waals surface area contributed by atoms with Crippen LogP contribution in [0, 0.1) is 17.8 Å². The molecule has 6 heteroatoms. The third-order valence-corrected chi connectivity index (χ3v) is 8.19. The van der Waals surface area contributed by atoms with Crippen LogP contribution in [-0.2, 0) is 16.0 Å². The number of fused-ring (bicyclic) bond motifs is 3. The number of aromatic amines is 1. The molecule has 3 aromatic rings. The fourth-order valence-corrected chi connectivity index (χ4v) is 6.03. The number of H-pyrrole nitrogens is 1. The number of benzene rings is 2. The van der Waals surface area contributed by atoms with Crippen LogP contribution in [0.25, 0.3) is 16.6 Å². The minimum atomic E-state index is -0.427. The summed E-state index contributed by atoms with van der Waals surface area (Å²) in [6.45, 7) is 5.59. The normalized spacial score (nSPS) is 23.0. The quantitative estimate of drug-likeness (QED) is 0.351. The van der Waals surface area contributed by atoms with E-state index in [0.29, 0.717) is 5.92 Å². The standard InChI is InChI=1S/C31H39N3O3/c1-21(2)30(35)37-31(20-23-13-14-24(31)19-25(23)22-9-6-5-7-10-22)16-18-34(3)17-15-28-32-26-11-8-12-27(36-4)29(26)33-28/h5-12,19,21,23-24H,13-18,20H2,1-4H3,(H,32,33). The van der Waals surface area contributed by atoms with Gasteiger partial charge in [-0.15, -0.1) is 0 Å². The number of nitrogens with one attached hydrogen (secondary N) is 1. The number of aromatic nitrogens is 2. The first kappa shape index (κ1) is 25.5. The van der Waals surface area contributed by atoms with Crippen molar-refractivity contribution in [2.45, 2.75) is 51.6 Å². The molecule has 3 atom stereocenters. The van der Waals surface area contributed by atoms with Crippen molar-refractivity contribution in [3.63, 3.8) is 0 Å². The van der Waals surface area contributed by atoms with Crippen molar-refractivity contribution < 1.29 is 14.3 Å². The summed E-state index contributed by atoms with van der Waals surface area (Å²) in [5.74, 6) is 2.23. The van der Waals surface area contributed by atoms with Crippen molar-refractivity contribution in [1.82, 2.24) is 14.9 Å². The lowest BCUT2D eigenvalue weighted by atomic mass is 9.60. The Labute approximate surface area is 220 Å². The van der Waals surface area contributed by atoms with Crippen LogP contribution in [0.1, 0.15) is 50.9 Å². The second-order valence-corrected chi connectivity index (χ2v) is 11.1. The molecule has 0 saturated heterocycles. The lowest BCUT2D eigenvalue weighted by Crippen LogP contribution is -2.51. The molecule has 0 spiro atoms. The number of likely N-dealkylation sites (N-methyl/N-ethyl adjacent to an activating group) is 1. The molecule has 3 aliphatic carbocycles. The zero-order valence-electron chi connectivity index (χ0n) is 22.5. The van der Waals surface area contributed by atoms with Crippen molar-refractivity contribution in [3.05, 3.63) is 66.0 Å². The van der Waals surface area contributed by atoms with Gasteiger partial charge in [0.25, 0.3) is 0 Å². The van der Waals surface area contributed by atoms with Gasteiger partial charge in [-0.2, -0.15) is 0 Å². The molecule has 2 aromatic carbocycles. The first-order valence-electron chi connectivity index (χ1n) is 13.6. The largest absolute Gasteiger partial charge is 0.494 e. The molecule has 0 amide bonds. The summed E-state index contributed by atoms with van der Waals surface area (Å²) in [4.78, 5) is 23.4. The Morgan fingerprint density at radius 2 is 1.95 bits per heavy atom. The molecule has 37 heavy (non-hydrogen) atoms. The maximum atomic E-state index is 12.9. The zero-order valence-corrected chi connectivity index (χ0v) is 22.5. The molecule has 3 unspecified atom stereocenters. The molecule has 1 fully saturated rings. The van der Waals surface area contributed by atoms with Gasteiger partial charge in [-0.25, -0.2) is 4.98 Å². The predicted octanol–water partition coefficient (Wildman–Crippen LogP) is 5.89. The van der Waals surface area contributed by atoms with E-state index in [0.717, 1.165) is 67.8 Å². The Morgan fingerprint density at radius 3 is 2.65 bits per heavy atom. The summed E-state index contributed by atoms with van der Waals surface area (Å²) in [6.07, 6.45) is 7.23. The third kappa shape index (κ3) is 5.30. The number of esters is 1. The third-order valence-electron chi connectivity index (χ3n) is 8.19. The Kier molecular flexibility index (Phi) is 7.38. The van der Waals surface area contributed by atoms with Gasteiger partial charge in [-0.1, -0.05) is 56.3 Å². The van der Waals surface area contributed by atoms with Crippen molar-refractivity contribution in [2.75, 3.05) is 27.2 Å². The van der Waals surface area contributed by atoms with Crippen molar-refractivity contribution in [2.24, 2.45) is 17.8 Å². The second-order valence-electron chi connectivity index (χ2n) is 11.1. The number of ether oxygens (including phenoxy) is 2. The van der Waals surface area contributed by atoms with Gasteiger partial charge in [-0.05, 0) is 55.5 Å². The number of para-hydroxylation sites is 1. The number of hydrogen-bond donors (Lipinski definition) is 1. The highest BCUT2D eigenvalue weighted by Gasteiger charge is 2.50. The van der Waals surface area contributed by atoms with Gasteiger partial charge in [0.15, 0.2) is 0 Å². The average Bonchev–Trinajstić information content (AvgIpc) is 3.35. The fourth-order valence-electron chi connectivity index (χ4n) is 6.03. The predicted molar refractivity (Wildman–Crippen MR) is 147 cm³/mol. The molecular formula is C31H39N3O3. The van der Waals surface area contributed by atoms with Gasteiger partial charge >= 0.3 is 5.97 Å². The van der Waals surface area contributed by atoms with Crippen LogP contribution >= 0.6 is 0 Å². The van der Waals surface area contributed by atoms with E-state index < -0.39 is 5.60 Å². The topological polar surface area (TPSA) is 67.4 Å². The van der Waals surface area contributed by atoms with E-state index >= 15 is 0 Å². The summed E-state index contributed by atoms with van der Waals surface area (Å²) in [6, 6.07) is 16.6. The fraction of sp³-hybridized carbons (Fsp3) is 0.484. The number of carbonyl (C=O) groups excluding carboxylic acids is 1. The van der Waals surface area contributed by atoms with Crippen LogP contribution in [0.4, 0.5) is 0 Å². The molecule has 6 rings (SSSR count). The number of carbonyl (C=O) groups is 1. The highest BCUT2D eigenvalue weighted by molar-refractivity contribution is 5.81. The summed E-state index contributed by atoms with van der Waals surface area (Å²) in [7, 11) is 3.82. The summed E-state index contributed by atoms with van der Waals surface area (Å²) in [5, 5.41) is 0. The van der Waals surface area contributed by atoms with E-state index in [1.165, 1.54) is 11.1 Å². The van der Waals surface area contributed by atoms with Gasteiger partial charge in [0.1, 0.15) is 22.7 Å². The first-order valence-corrected chi connectivity index (χ1v) is 13.6. The molecule has 2 bridgehead atoms. The minimum Gasteiger partial charge on any atom is -0.494 e. The second kappa shape index (κ2) is 10.7. The average molecular weight is 502 g/mol. The van der Waals surface area contributed by atoms with E-state index in [1.54, 1.807) is 7.11 Å². The van der Waals surface area contributed by atoms with Gasteiger partial charge in [0.05, 0.1) is 18.5 Å². The van der Waals surface area contributed by atoms with Crippen LogP contribution in [0.5, 0.6) is 5.75 Å². The van der Waals surface area contributed by atoms with Crippen molar-refractivity contribution in [1.29, 1.82) is 0 Å². The van der Waals surface area contributed by atoms with E-state index in [1.807, 2.05) is 32.0 Å². The Hall–Kier alpha value is -3.12. The monoisotopic (exact) mass is 501 g/mol. The molecule has 3 aliphatic rings. The zero-order chi connectivity index (χ0) is 26.0. The summed E-state index contributed by atoms with van der Waals surface area (Å²) >= 11 is 0. The lowest BCUT2D eigenvalue weighted by molar-refractivity contribution is -0.176. The van der Waals surface area contributed by atoms with E-state index in [4.69, 9.17) is 14.5 Å². The van der Waals surface area contributed by atoms with Crippen LogP contribution < -0.4 is 4.74 Å². The molecule has 1 saturated carbocycles. The van der Waals surface area contributed by atoms with E-state index in [2.05, 4.69) is 53.3 Å². The maximum Gasteiger partial charge on any atom is 0.308 e. The van der Waals surface area contributed by atoms with Crippen molar-refractivity contribution >= 4 is 22.6 Å². The Morgan fingerprint density at radius 1 is 1.14 bits per heavy atom. The minimum absolute atomic E-state index is 0.0823. The molecule has 1 N–H and O–H groups in total. The Balaban J connectivity index is 1.28. The molecule has 6 nitrogen and oxygen atoms in total. The number of methoxy groups -OCH3 is 1. The first-order chi connectivity index (χ1) is 17.9. The van der Waals surface area contributed by atoms with Crippen LogP contribution in [-0.4, -0.2) is 53.7 Å². The Bertz CT molecular complexity index is 1270. The molecule has 0 aliphatic heterocycles. The molecule has 1 aromatic heterocycles. The number of rotatable bonds is 10. The molecule has 0 radical (unpaired) electrons. The van der Waals surface area contributed by atoms with Gasteiger partial charge in [-0.3, -0.25) is 4.79 Å². The van der Waals surface area contributed by atoms with Crippen LogP contribution in [0.15, 0.2) is 54.6 Å². The van der Waals surface area contributed by atoms with Crippen LogP contribution in [0.2, 0.25) is 0 Å². The lowest BCUT2D eigenvalue weighted by Gasteiger charge is -2.50. The summed E-state index contributed by atoms with van der Waals surface area (Å²) in [5.41, 5.74) is 4.18.